The number of rotatable bonds is 3. The van der Waals surface area contributed by atoms with Crippen LogP contribution < -0.4 is 10.2 Å². The minimum atomic E-state index is 0.0201. The van der Waals surface area contributed by atoms with Gasteiger partial charge in [-0.05, 0) is 30.7 Å². The third-order valence-electron chi connectivity index (χ3n) is 3.79. The van der Waals surface area contributed by atoms with Crippen molar-refractivity contribution in [1.82, 2.24) is 4.90 Å². The monoisotopic (exact) mass is 354 g/mol. The van der Waals surface area contributed by atoms with Crippen molar-refractivity contribution in [3.8, 4) is 0 Å². The van der Waals surface area contributed by atoms with Gasteiger partial charge in [-0.15, -0.1) is 0 Å². The predicted molar refractivity (Wildman–Crippen MR) is 85.3 cm³/mol. The Hall–Kier alpha value is -1.40. The van der Waals surface area contributed by atoms with Crippen molar-refractivity contribution in [3.05, 3.63) is 28.2 Å². The predicted octanol–water partition coefficient (Wildman–Crippen LogP) is 0.443. The molecule has 2 rings (SSSR count). The molecule has 5 nitrogen and oxygen atoms in total. The minimum absolute atomic E-state index is 0.0201. The van der Waals surface area contributed by atoms with Crippen LogP contribution in [0, 0.1) is 6.92 Å². The second kappa shape index (κ2) is 7.04. The standard InChI is InChI=1S/C15H20BrN3O2/c1-11-9-13(16)3-4-14(11)17-15(21)10-18-5-7-19(8-6-18)12(2)20/h3-4,9H,5-8,10H2,1-2H3,(H,17,21)/p+1. The maximum Gasteiger partial charge on any atom is 0.279 e. The molecule has 1 fully saturated rings. The summed E-state index contributed by atoms with van der Waals surface area (Å²) < 4.78 is 1.00. The number of amides is 2. The molecule has 0 unspecified atom stereocenters. The van der Waals surface area contributed by atoms with Gasteiger partial charge in [0.25, 0.3) is 5.91 Å². The number of aryl methyl sites for hydroxylation is 1. The quantitative estimate of drug-likeness (QED) is 0.827. The van der Waals surface area contributed by atoms with Crippen LogP contribution in [-0.4, -0.2) is 49.4 Å². The molecule has 0 saturated carbocycles. The fraction of sp³-hybridized carbons (Fsp3) is 0.467. The number of quaternary nitrogens is 1. The number of piperazine rings is 1. The average Bonchev–Trinajstić information content (AvgIpc) is 2.42. The first kappa shape index (κ1) is 16.0. The maximum absolute atomic E-state index is 12.1. The van der Waals surface area contributed by atoms with Crippen LogP contribution in [-0.2, 0) is 9.59 Å². The molecule has 114 valence electrons. The fourth-order valence-corrected chi connectivity index (χ4v) is 2.98. The second-order valence-corrected chi connectivity index (χ2v) is 6.36. The van der Waals surface area contributed by atoms with Crippen LogP contribution in [0.5, 0.6) is 0 Å². The number of hydrogen-bond donors (Lipinski definition) is 2. The van der Waals surface area contributed by atoms with E-state index in [1.165, 1.54) is 4.90 Å². The Morgan fingerprint density at radius 1 is 1.33 bits per heavy atom. The molecule has 0 aliphatic carbocycles. The highest BCUT2D eigenvalue weighted by atomic mass is 79.9. The SMILES string of the molecule is CC(=O)N1CC[NH+](CC(=O)Nc2ccc(Br)cc2C)CC1. The van der Waals surface area contributed by atoms with Gasteiger partial charge in [0.15, 0.2) is 6.54 Å². The molecular formula is C15H21BrN3O2+. The summed E-state index contributed by atoms with van der Waals surface area (Å²) in [5.74, 6) is 0.135. The van der Waals surface area contributed by atoms with Gasteiger partial charge in [-0.2, -0.15) is 0 Å². The van der Waals surface area contributed by atoms with Crippen molar-refractivity contribution >= 4 is 33.4 Å². The molecule has 0 bridgehead atoms. The molecule has 2 N–H and O–H groups in total. The number of benzene rings is 1. The Kier molecular flexibility index (Phi) is 5.36. The van der Waals surface area contributed by atoms with E-state index >= 15 is 0 Å². The maximum atomic E-state index is 12.1. The number of nitrogens with one attached hydrogen (secondary N) is 2. The molecule has 1 aliphatic heterocycles. The van der Waals surface area contributed by atoms with Crippen LogP contribution in [0.25, 0.3) is 0 Å². The topological polar surface area (TPSA) is 53.9 Å². The number of anilines is 1. The molecule has 1 saturated heterocycles. The van der Waals surface area contributed by atoms with Gasteiger partial charge in [-0.1, -0.05) is 15.9 Å². The number of halogens is 1. The Morgan fingerprint density at radius 3 is 2.57 bits per heavy atom. The highest BCUT2D eigenvalue weighted by Gasteiger charge is 2.23. The second-order valence-electron chi connectivity index (χ2n) is 5.44. The molecule has 0 atom stereocenters. The lowest BCUT2D eigenvalue weighted by Crippen LogP contribution is -3.15. The first-order valence-corrected chi connectivity index (χ1v) is 7.90. The zero-order valence-electron chi connectivity index (χ0n) is 12.4. The molecule has 6 heteroatoms. The van der Waals surface area contributed by atoms with E-state index in [9.17, 15) is 9.59 Å². The molecule has 0 radical (unpaired) electrons. The van der Waals surface area contributed by atoms with Crippen LogP contribution in [0.4, 0.5) is 5.69 Å². The van der Waals surface area contributed by atoms with Gasteiger partial charge in [0, 0.05) is 17.1 Å². The van der Waals surface area contributed by atoms with Crippen molar-refractivity contribution < 1.29 is 14.5 Å². The smallest absolute Gasteiger partial charge is 0.279 e. The summed E-state index contributed by atoms with van der Waals surface area (Å²) in [6.45, 7) is 7.12. The number of carbonyl (C=O) groups excluding carboxylic acids is 2. The molecule has 1 aromatic carbocycles. The average molecular weight is 355 g/mol. The molecule has 2 amide bonds. The van der Waals surface area contributed by atoms with Gasteiger partial charge in [-0.25, -0.2) is 0 Å². The Morgan fingerprint density at radius 2 is 2.00 bits per heavy atom. The Balaban J connectivity index is 1.84. The van der Waals surface area contributed by atoms with E-state index in [1.807, 2.05) is 30.0 Å². The van der Waals surface area contributed by atoms with Crippen molar-refractivity contribution in [2.75, 3.05) is 38.0 Å². The molecular weight excluding hydrogens is 334 g/mol. The highest BCUT2D eigenvalue weighted by Crippen LogP contribution is 2.19. The van der Waals surface area contributed by atoms with E-state index in [2.05, 4.69) is 21.2 Å². The van der Waals surface area contributed by atoms with E-state index in [-0.39, 0.29) is 11.8 Å². The first-order valence-electron chi connectivity index (χ1n) is 7.11. The van der Waals surface area contributed by atoms with Gasteiger partial charge in [0.1, 0.15) is 0 Å². The normalized spacial score (nSPS) is 15.9. The summed E-state index contributed by atoms with van der Waals surface area (Å²) in [4.78, 5) is 26.4. The highest BCUT2D eigenvalue weighted by molar-refractivity contribution is 9.10. The van der Waals surface area contributed by atoms with Crippen molar-refractivity contribution in [2.24, 2.45) is 0 Å². The Bertz CT molecular complexity index is 540. The van der Waals surface area contributed by atoms with Gasteiger partial charge < -0.3 is 15.1 Å². The molecule has 1 heterocycles. The van der Waals surface area contributed by atoms with Gasteiger partial charge in [-0.3, -0.25) is 9.59 Å². The zero-order chi connectivity index (χ0) is 15.4. The Labute approximate surface area is 133 Å². The van der Waals surface area contributed by atoms with Crippen LogP contribution in [0.15, 0.2) is 22.7 Å². The summed E-state index contributed by atoms with van der Waals surface area (Å²) in [5, 5.41) is 2.96. The first-order chi connectivity index (χ1) is 9.95. The van der Waals surface area contributed by atoms with Crippen molar-refractivity contribution in [2.45, 2.75) is 13.8 Å². The van der Waals surface area contributed by atoms with Crippen LogP contribution in [0.2, 0.25) is 0 Å². The van der Waals surface area contributed by atoms with Gasteiger partial charge in [0.2, 0.25) is 5.91 Å². The van der Waals surface area contributed by atoms with E-state index in [0.717, 1.165) is 41.9 Å². The molecule has 1 aromatic rings. The number of carbonyl (C=O) groups is 2. The molecule has 0 spiro atoms. The van der Waals surface area contributed by atoms with Crippen LogP contribution in [0.3, 0.4) is 0 Å². The summed E-state index contributed by atoms with van der Waals surface area (Å²) >= 11 is 3.41. The van der Waals surface area contributed by atoms with E-state index in [1.54, 1.807) is 6.92 Å². The minimum Gasteiger partial charge on any atom is -0.332 e. The number of hydrogen-bond acceptors (Lipinski definition) is 2. The van der Waals surface area contributed by atoms with Crippen LogP contribution >= 0.6 is 15.9 Å². The number of nitrogens with zero attached hydrogens (tertiary/aromatic N) is 1. The largest absolute Gasteiger partial charge is 0.332 e. The third-order valence-corrected chi connectivity index (χ3v) is 4.28. The van der Waals surface area contributed by atoms with E-state index in [0.29, 0.717) is 6.54 Å². The summed E-state index contributed by atoms with van der Waals surface area (Å²) in [7, 11) is 0. The zero-order valence-corrected chi connectivity index (χ0v) is 14.0. The van der Waals surface area contributed by atoms with Gasteiger partial charge in [0.05, 0.1) is 26.2 Å². The third kappa shape index (κ3) is 4.54. The van der Waals surface area contributed by atoms with Gasteiger partial charge >= 0.3 is 0 Å². The summed E-state index contributed by atoms with van der Waals surface area (Å²) in [6, 6.07) is 5.80. The summed E-state index contributed by atoms with van der Waals surface area (Å²) in [6.07, 6.45) is 0. The lowest BCUT2D eigenvalue weighted by Gasteiger charge is -2.31. The molecule has 21 heavy (non-hydrogen) atoms. The lowest BCUT2D eigenvalue weighted by atomic mass is 10.2. The molecule has 1 aliphatic rings. The van der Waals surface area contributed by atoms with Crippen molar-refractivity contribution in [3.63, 3.8) is 0 Å². The lowest BCUT2D eigenvalue weighted by molar-refractivity contribution is -0.895. The van der Waals surface area contributed by atoms with Crippen LogP contribution in [0.1, 0.15) is 12.5 Å². The summed E-state index contributed by atoms with van der Waals surface area (Å²) in [5.41, 5.74) is 1.89. The fourth-order valence-electron chi connectivity index (χ4n) is 2.50. The van der Waals surface area contributed by atoms with E-state index in [4.69, 9.17) is 0 Å². The molecule has 0 aromatic heterocycles. The van der Waals surface area contributed by atoms with Crippen molar-refractivity contribution in [1.29, 1.82) is 0 Å². The van der Waals surface area contributed by atoms with E-state index < -0.39 is 0 Å².